The molecule has 15 heavy (non-hydrogen) atoms. The quantitative estimate of drug-likeness (QED) is 0.680. The molecule has 0 fully saturated rings. The van der Waals surface area contributed by atoms with Crippen LogP contribution in [0.5, 0.6) is 11.5 Å². The van der Waals surface area contributed by atoms with Crippen LogP contribution in [0.3, 0.4) is 0 Å². The maximum Gasteiger partial charge on any atom is 0.127 e. The van der Waals surface area contributed by atoms with Gasteiger partial charge in [0, 0.05) is 5.56 Å². The average molecular weight is 274 g/mol. The summed E-state index contributed by atoms with van der Waals surface area (Å²) in [5, 5.41) is 0. The van der Waals surface area contributed by atoms with Crippen molar-refractivity contribution in [2.45, 2.75) is 18.8 Å². The van der Waals surface area contributed by atoms with Gasteiger partial charge in [-0.15, -0.1) is 0 Å². The first kappa shape index (κ1) is 12.3. The molecule has 2 N–H and O–H groups in total. The summed E-state index contributed by atoms with van der Waals surface area (Å²) in [7, 11) is 3.30. The number of ether oxygens (including phenoxy) is 2. The van der Waals surface area contributed by atoms with E-state index >= 15 is 0 Å². The Kier molecular flexibility index (Phi) is 3.99. The highest BCUT2D eigenvalue weighted by molar-refractivity contribution is 9.09. The van der Waals surface area contributed by atoms with Crippen LogP contribution in [0.15, 0.2) is 6.07 Å². The van der Waals surface area contributed by atoms with Crippen molar-refractivity contribution in [2.24, 2.45) is 5.73 Å². The van der Waals surface area contributed by atoms with Gasteiger partial charge in [0.15, 0.2) is 0 Å². The van der Waals surface area contributed by atoms with E-state index in [9.17, 15) is 0 Å². The van der Waals surface area contributed by atoms with Gasteiger partial charge in [-0.2, -0.15) is 0 Å². The molecule has 0 bridgehead atoms. The Bertz CT molecular complexity index is 364. The molecular weight excluding hydrogens is 258 g/mol. The van der Waals surface area contributed by atoms with E-state index in [1.54, 1.807) is 14.2 Å². The van der Waals surface area contributed by atoms with Crippen LogP contribution in [0.4, 0.5) is 0 Å². The van der Waals surface area contributed by atoms with Gasteiger partial charge in [0.2, 0.25) is 0 Å². The van der Waals surface area contributed by atoms with Gasteiger partial charge >= 0.3 is 0 Å². The van der Waals surface area contributed by atoms with Crippen molar-refractivity contribution in [3.63, 3.8) is 0 Å². The first-order chi connectivity index (χ1) is 7.02. The van der Waals surface area contributed by atoms with Crippen molar-refractivity contribution in [3.8, 4) is 11.5 Å². The standard InChI is InChI=1S/C11H16BrNO2/c1-6-7(2)10(15-4)8(11(12)13)5-9(6)14-3/h5,11H,13H2,1-4H3. The van der Waals surface area contributed by atoms with Crippen LogP contribution < -0.4 is 15.2 Å². The highest BCUT2D eigenvalue weighted by Gasteiger charge is 2.16. The fourth-order valence-electron chi connectivity index (χ4n) is 1.57. The minimum Gasteiger partial charge on any atom is -0.496 e. The van der Waals surface area contributed by atoms with E-state index in [2.05, 4.69) is 15.9 Å². The molecule has 0 spiro atoms. The highest BCUT2D eigenvalue weighted by atomic mass is 79.9. The Labute approximate surface area is 98.7 Å². The maximum atomic E-state index is 5.81. The van der Waals surface area contributed by atoms with Gasteiger partial charge in [-0.3, -0.25) is 0 Å². The minimum atomic E-state index is -0.249. The summed E-state index contributed by atoms with van der Waals surface area (Å²) in [6.45, 7) is 4.00. The van der Waals surface area contributed by atoms with E-state index < -0.39 is 0 Å². The summed E-state index contributed by atoms with van der Waals surface area (Å²) in [5.74, 6) is 1.65. The number of alkyl halides is 1. The number of hydrogen-bond donors (Lipinski definition) is 1. The summed E-state index contributed by atoms with van der Waals surface area (Å²) in [5.41, 5.74) is 8.85. The SMILES string of the molecule is COc1cc(C(N)Br)c(OC)c(C)c1C. The summed E-state index contributed by atoms with van der Waals surface area (Å²) in [6, 6.07) is 1.90. The molecule has 0 heterocycles. The summed E-state index contributed by atoms with van der Waals surface area (Å²) < 4.78 is 10.6. The summed E-state index contributed by atoms with van der Waals surface area (Å²) >= 11 is 3.34. The minimum absolute atomic E-state index is 0.249. The predicted octanol–water partition coefficient (Wildman–Crippen LogP) is 2.67. The van der Waals surface area contributed by atoms with Crippen molar-refractivity contribution in [3.05, 3.63) is 22.8 Å². The first-order valence-electron chi connectivity index (χ1n) is 4.64. The average Bonchev–Trinajstić information content (AvgIpc) is 2.21. The van der Waals surface area contributed by atoms with Crippen LogP contribution in [-0.4, -0.2) is 14.2 Å². The number of methoxy groups -OCH3 is 2. The lowest BCUT2D eigenvalue weighted by molar-refractivity contribution is 0.393. The Morgan fingerprint density at radius 2 is 1.80 bits per heavy atom. The van der Waals surface area contributed by atoms with Crippen LogP contribution in [0.1, 0.15) is 21.6 Å². The molecule has 1 rings (SSSR count). The normalized spacial score (nSPS) is 12.4. The molecule has 4 heteroatoms. The second kappa shape index (κ2) is 4.86. The highest BCUT2D eigenvalue weighted by Crippen LogP contribution is 2.37. The fraction of sp³-hybridized carbons (Fsp3) is 0.455. The number of hydrogen-bond acceptors (Lipinski definition) is 3. The van der Waals surface area contributed by atoms with Crippen LogP contribution in [-0.2, 0) is 0 Å². The van der Waals surface area contributed by atoms with E-state index in [0.29, 0.717) is 0 Å². The van der Waals surface area contributed by atoms with Gasteiger partial charge < -0.3 is 15.2 Å². The third kappa shape index (κ3) is 2.26. The van der Waals surface area contributed by atoms with Crippen LogP contribution >= 0.6 is 15.9 Å². The zero-order valence-electron chi connectivity index (χ0n) is 9.43. The van der Waals surface area contributed by atoms with E-state index in [-0.39, 0.29) is 4.95 Å². The van der Waals surface area contributed by atoms with Crippen molar-refractivity contribution in [1.82, 2.24) is 0 Å². The Balaban J connectivity index is 3.44. The molecule has 84 valence electrons. The topological polar surface area (TPSA) is 44.5 Å². The number of halogens is 1. The first-order valence-corrected chi connectivity index (χ1v) is 5.56. The van der Waals surface area contributed by atoms with E-state index in [1.807, 2.05) is 19.9 Å². The van der Waals surface area contributed by atoms with Crippen LogP contribution in [0, 0.1) is 13.8 Å². The number of benzene rings is 1. The molecule has 0 amide bonds. The smallest absolute Gasteiger partial charge is 0.127 e. The Morgan fingerprint density at radius 1 is 1.20 bits per heavy atom. The monoisotopic (exact) mass is 273 g/mol. The zero-order valence-corrected chi connectivity index (χ0v) is 11.0. The third-order valence-electron chi connectivity index (χ3n) is 2.54. The predicted molar refractivity (Wildman–Crippen MR) is 64.9 cm³/mol. The fourth-order valence-corrected chi connectivity index (χ4v) is 1.91. The van der Waals surface area contributed by atoms with Crippen molar-refractivity contribution in [1.29, 1.82) is 0 Å². The van der Waals surface area contributed by atoms with E-state index in [4.69, 9.17) is 15.2 Å². The molecule has 0 saturated carbocycles. The van der Waals surface area contributed by atoms with Crippen LogP contribution in [0.2, 0.25) is 0 Å². The molecule has 1 aromatic carbocycles. The molecule has 0 saturated heterocycles. The third-order valence-corrected chi connectivity index (χ3v) is 3.04. The lowest BCUT2D eigenvalue weighted by Gasteiger charge is -2.17. The molecule has 0 radical (unpaired) electrons. The number of nitrogens with two attached hydrogens (primary N) is 1. The van der Waals surface area contributed by atoms with Gasteiger partial charge in [0.25, 0.3) is 0 Å². The van der Waals surface area contributed by atoms with Crippen molar-refractivity contribution >= 4 is 15.9 Å². The molecule has 0 aliphatic rings. The van der Waals surface area contributed by atoms with Gasteiger partial charge in [-0.1, -0.05) is 15.9 Å². The molecule has 1 unspecified atom stereocenters. The van der Waals surface area contributed by atoms with E-state index in [0.717, 1.165) is 28.2 Å². The number of rotatable bonds is 3. The van der Waals surface area contributed by atoms with Gasteiger partial charge in [0.05, 0.1) is 19.2 Å². The zero-order chi connectivity index (χ0) is 11.6. The van der Waals surface area contributed by atoms with Gasteiger partial charge in [-0.05, 0) is 31.0 Å². The second-order valence-corrected chi connectivity index (χ2v) is 4.34. The van der Waals surface area contributed by atoms with Crippen LogP contribution in [0.25, 0.3) is 0 Å². The second-order valence-electron chi connectivity index (χ2n) is 3.35. The molecule has 1 aromatic rings. The van der Waals surface area contributed by atoms with Crippen molar-refractivity contribution < 1.29 is 9.47 Å². The van der Waals surface area contributed by atoms with Gasteiger partial charge in [-0.25, -0.2) is 0 Å². The largest absolute Gasteiger partial charge is 0.496 e. The van der Waals surface area contributed by atoms with Gasteiger partial charge in [0.1, 0.15) is 11.5 Å². The Morgan fingerprint density at radius 3 is 2.20 bits per heavy atom. The lowest BCUT2D eigenvalue weighted by Crippen LogP contribution is -2.07. The molecule has 0 aliphatic heterocycles. The molecule has 0 aromatic heterocycles. The maximum absolute atomic E-state index is 5.81. The molecular formula is C11H16BrNO2. The van der Waals surface area contributed by atoms with E-state index in [1.165, 1.54) is 0 Å². The lowest BCUT2D eigenvalue weighted by atomic mass is 10.0. The Hall–Kier alpha value is -0.740. The van der Waals surface area contributed by atoms with Crippen molar-refractivity contribution in [2.75, 3.05) is 14.2 Å². The molecule has 1 atom stereocenters. The molecule has 0 aliphatic carbocycles. The summed E-state index contributed by atoms with van der Waals surface area (Å²) in [6.07, 6.45) is 0. The molecule has 3 nitrogen and oxygen atoms in total. The summed E-state index contributed by atoms with van der Waals surface area (Å²) in [4.78, 5) is -0.249.